The first-order valence-electron chi connectivity index (χ1n) is 9.41. The van der Waals surface area contributed by atoms with E-state index >= 15 is 0 Å². The number of carbonyl (C=O) groups is 2. The van der Waals surface area contributed by atoms with E-state index in [1.165, 1.54) is 0 Å². The van der Waals surface area contributed by atoms with E-state index in [-0.39, 0.29) is 30.2 Å². The van der Waals surface area contributed by atoms with Crippen LogP contribution in [0, 0.1) is 0 Å². The molecule has 0 aromatic heterocycles. The van der Waals surface area contributed by atoms with Gasteiger partial charge in [0.25, 0.3) is 11.8 Å². The molecule has 154 valence electrons. The number of aliphatic hydroxyl groups is 1. The van der Waals surface area contributed by atoms with Crippen molar-refractivity contribution in [2.24, 2.45) is 0 Å². The van der Waals surface area contributed by atoms with Gasteiger partial charge in [0, 0.05) is 12.1 Å². The molecule has 6 nitrogen and oxygen atoms in total. The van der Waals surface area contributed by atoms with Gasteiger partial charge >= 0.3 is 0 Å². The Kier molecular flexibility index (Phi) is 7.56. The van der Waals surface area contributed by atoms with Gasteiger partial charge in [-0.25, -0.2) is 0 Å². The summed E-state index contributed by atoms with van der Waals surface area (Å²) in [6, 6.07) is 14.4. The highest BCUT2D eigenvalue weighted by Gasteiger charge is 2.17. The molecule has 0 saturated carbocycles. The van der Waals surface area contributed by atoms with E-state index < -0.39 is 5.91 Å². The average Bonchev–Trinajstić information content (AvgIpc) is 2.71. The van der Waals surface area contributed by atoms with Crippen molar-refractivity contribution >= 4 is 17.9 Å². The van der Waals surface area contributed by atoms with Crippen LogP contribution in [0.4, 0.5) is 0 Å². The molecule has 0 spiro atoms. The van der Waals surface area contributed by atoms with Crippen LogP contribution in [0.15, 0.2) is 54.2 Å². The van der Waals surface area contributed by atoms with E-state index in [0.717, 1.165) is 11.1 Å². The Labute approximate surface area is 171 Å². The molecule has 0 fully saturated rings. The van der Waals surface area contributed by atoms with E-state index in [1.54, 1.807) is 49.6 Å². The number of ether oxygens (including phenoxy) is 1. The van der Waals surface area contributed by atoms with Crippen LogP contribution in [0.5, 0.6) is 5.75 Å². The minimum Gasteiger partial charge on any atom is -0.497 e. The fourth-order valence-electron chi connectivity index (χ4n) is 2.61. The largest absolute Gasteiger partial charge is 0.497 e. The van der Waals surface area contributed by atoms with Crippen LogP contribution in [0.2, 0.25) is 0 Å². The van der Waals surface area contributed by atoms with Gasteiger partial charge in [-0.05, 0) is 46.9 Å². The third kappa shape index (κ3) is 6.47. The second-order valence-corrected chi connectivity index (χ2v) is 7.59. The van der Waals surface area contributed by atoms with Crippen molar-refractivity contribution in [2.75, 3.05) is 20.3 Å². The average molecular weight is 396 g/mol. The van der Waals surface area contributed by atoms with E-state index in [1.807, 2.05) is 12.1 Å². The summed E-state index contributed by atoms with van der Waals surface area (Å²) in [5.41, 5.74) is 2.37. The first-order chi connectivity index (χ1) is 13.7. The molecule has 0 unspecified atom stereocenters. The van der Waals surface area contributed by atoms with Crippen molar-refractivity contribution in [1.29, 1.82) is 0 Å². The number of hydrogen-bond acceptors (Lipinski definition) is 4. The highest BCUT2D eigenvalue weighted by Crippen LogP contribution is 2.22. The molecule has 0 heterocycles. The number of methoxy groups -OCH3 is 1. The van der Waals surface area contributed by atoms with Crippen LogP contribution in [0.1, 0.15) is 42.3 Å². The minimum absolute atomic E-state index is 0.0153. The molecule has 2 amide bonds. The van der Waals surface area contributed by atoms with Crippen LogP contribution < -0.4 is 15.4 Å². The molecule has 2 rings (SSSR count). The van der Waals surface area contributed by atoms with Crippen LogP contribution in [-0.2, 0) is 10.2 Å². The molecule has 0 aliphatic rings. The van der Waals surface area contributed by atoms with Gasteiger partial charge in [0.1, 0.15) is 11.4 Å². The summed E-state index contributed by atoms with van der Waals surface area (Å²) >= 11 is 0. The molecule has 0 bridgehead atoms. The van der Waals surface area contributed by atoms with Gasteiger partial charge in [-0.2, -0.15) is 0 Å². The van der Waals surface area contributed by atoms with E-state index in [9.17, 15) is 9.59 Å². The van der Waals surface area contributed by atoms with Gasteiger partial charge in [-0.15, -0.1) is 0 Å². The fourth-order valence-corrected chi connectivity index (χ4v) is 2.61. The summed E-state index contributed by atoms with van der Waals surface area (Å²) in [6.07, 6.45) is 1.58. The van der Waals surface area contributed by atoms with Crippen LogP contribution in [0.3, 0.4) is 0 Å². The van der Waals surface area contributed by atoms with Gasteiger partial charge in [0.15, 0.2) is 0 Å². The Morgan fingerprint density at radius 1 is 1.03 bits per heavy atom. The van der Waals surface area contributed by atoms with Crippen LogP contribution in [-0.4, -0.2) is 37.2 Å². The third-order valence-electron chi connectivity index (χ3n) is 4.33. The Morgan fingerprint density at radius 2 is 1.66 bits per heavy atom. The van der Waals surface area contributed by atoms with Crippen molar-refractivity contribution < 1.29 is 19.4 Å². The predicted octanol–water partition coefficient (Wildman–Crippen LogP) is 2.87. The van der Waals surface area contributed by atoms with Crippen LogP contribution in [0.25, 0.3) is 6.08 Å². The smallest absolute Gasteiger partial charge is 0.267 e. The number of nitrogens with one attached hydrogen (secondary N) is 2. The quantitative estimate of drug-likeness (QED) is 0.628. The zero-order valence-corrected chi connectivity index (χ0v) is 17.3. The summed E-state index contributed by atoms with van der Waals surface area (Å²) in [7, 11) is 1.57. The number of hydrogen-bond donors (Lipinski definition) is 3. The van der Waals surface area contributed by atoms with Gasteiger partial charge in [-0.3, -0.25) is 9.59 Å². The second-order valence-electron chi connectivity index (χ2n) is 7.59. The second kappa shape index (κ2) is 9.89. The minimum atomic E-state index is -0.477. The number of rotatable bonds is 7. The third-order valence-corrected chi connectivity index (χ3v) is 4.33. The Balaban J connectivity index is 2.25. The first-order valence-corrected chi connectivity index (χ1v) is 9.41. The number of benzene rings is 2. The lowest BCUT2D eigenvalue weighted by Gasteiger charge is -2.19. The van der Waals surface area contributed by atoms with Gasteiger partial charge in [0.2, 0.25) is 0 Å². The van der Waals surface area contributed by atoms with E-state index in [2.05, 4.69) is 31.4 Å². The molecular weight excluding hydrogens is 368 g/mol. The molecule has 6 heteroatoms. The lowest BCUT2D eigenvalue weighted by atomic mass is 9.87. The zero-order valence-electron chi connectivity index (χ0n) is 17.3. The molecule has 2 aromatic rings. The molecule has 3 N–H and O–H groups in total. The summed E-state index contributed by atoms with van der Waals surface area (Å²) in [5, 5.41) is 14.2. The molecule has 29 heavy (non-hydrogen) atoms. The van der Waals surface area contributed by atoms with Crippen molar-refractivity contribution in [1.82, 2.24) is 10.6 Å². The number of carbonyl (C=O) groups excluding carboxylic acids is 2. The highest BCUT2D eigenvalue weighted by molar-refractivity contribution is 6.05. The molecule has 0 aliphatic heterocycles. The Morgan fingerprint density at radius 3 is 2.17 bits per heavy atom. The molecule has 0 atom stereocenters. The molecule has 2 aromatic carbocycles. The normalized spacial score (nSPS) is 11.7. The SMILES string of the molecule is COc1ccc(/C=C(/NC(=O)c2ccc(C(C)(C)C)cc2)C(=O)NCCO)cc1. The molecule has 0 aliphatic carbocycles. The van der Waals surface area contributed by atoms with Gasteiger partial charge < -0.3 is 20.5 Å². The topological polar surface area (TPSA) is 87.7 Å². The Bertz CT molecular complexity index is 863. The Hall–Kier alpha value is -3.12. The fraction of sp³-hybridized carbons (Fsp3) is 0.304. The summed E-state index contributed by atoms with van der Waals surface area (Å²) in [6.45, 7) is 6.20. The number of aliphatic hydroxyl groups excluding tert-OH is 1. The zero-order chi connectivity index (χ0) is 21.4. The lowest BCUT2D eigenvalue weighted by Crippen LogP contribution is -2.36. The maximum Gasteiger partial charge on any atom is 0.267 e. The van der Waals surface area contributed by atoms with Crippen molar-refractivity contribution in [3.8, 4) is 5.75 Å². The van der Waals surface area contributed by atoms with E-state index in [0.29, 0.717) is 11.3 Å². The van der Waals surface area contributed by atoms with Crippen molar-refractivity contribution in [2.45, 2.75) is 26.2 Å². The monoisotopic (exact) mass is 396 g/mol. The standard InChI is InChI=1S/C23H28N2O4/c1-23(2,3)18-9-7-17(8-10-18)21(27)25-20(22(28)24-13-14-26)15-16-5-11-19(29-4)12-6-16/h5-12,15,26H,13-14H2,1-4H3,(H,24,28)(H,25,27)/b20-15+. The maximum absolute atomic E-state index is 12.7. The molecule has 0 radical (unpaired) electrons. The van der Waals surface area contributed by atoms with Crippen molar-refractivity contribution in [3.05, 3.63) is 70.9 Å². The van der Waals surface area contributed by atoms with Crippen LogP contribution >= 0.6 is 0 Å². The van der Waals surface area contributed by atoms with Gasteiger partial charge in [0.05, 0.1) is 13.7 Å². The van der Waals surface area contributed by atoms with Crippen molar-refractivity contribution in [3.63, 3.8) is 0 Å². The van der Waals surface area contributed by atoms with Gasteiger partial charge in [-0.1, -0.05) is 45.0 Å². The summed E-state index contributed by atoms with van der Waals surface area (Å²) in [4.78, 5) is 25.1. The molecule has 0 saturated heterocycles. The predicted molar refractivity (Wildman–Crippen MR) is 114 cm³/mol. The first kappa shape index (κ1) is 22.2. The number of amides is 2. The summed E-state index contributed by atoms with van der Waals surface area (Å²) in [5.74, 6) is -0.171. The molecular formula is C23H28N2O4. The summed E-state index contributed by atoms with van der Waals surface area (Å²) < 4.78 is 5.13. The van der Waals surface area contributed by atoms with E-state index in [4.69, 9.17) is 9.84 Å². The lowest BCUT2D eigenvalue weighted by molar-refractivity contribution is -0.117. The maximum atomic E-state index is 12.7. The highest BCUT2D eigenvalue weighted by atomic mass is 16.5.